The van der Waals surface area contributed by atoms with Gasteiger partial charge in [-0.3, -0.25) is 0 Å². The summed E-state index contributed by atoms with van der Waals surface area (Å²) in [4.78, 5) is 11.4. The van der Waals surface area contributed by atoms with Crippen LogP contribution in [0.2, 0.25) is 0 Å². The van der Waals surface area contributed by atoms with Crippen molar-refractivity contribution in [1.29, 1.82) is 0 Å². The summed E-state index contributed by atoms with van der Waals surface area (Å²) in [5.41, 5.74) is 7.74. The second kappa shape index (κ2) is 9.59. The van der Waals surface area contributed by atoms with Gasteiger partial charge in [-0.1, -0.05) is 24.8 Å². The number of likely N-dealkylation sites (N-methyl/N-ethyl adjacent to an activating group) is 1. The highest BCUT2D eigenvalue weighted by atomic mass is 32.2. The van der Waals surface area contributed by atoms with E-state index >= 15 is 0 Å². The summed E-state index contributed by atoms with van der Waals surface area (Å²) in [7, 11) is 1.91. The summed E-state index contributed by atoms with van der Waals surface area (Å²) in [5.74, 6) is -0.489. The molecule has 1 saturated heterocycles. The minimum Gasteiger partial charge on any atom is -0.393 e. The van der Waals surface area contributed by atoms with Crippen molar-refractivity contribution in [3.05, 3.63) is 35.4 Å². The van der Waals surface area contributed by atoms with E-state index in [1.54, 1.807) is 17.8 Å². The van der Waals surface area contributed by atoms with Crippen molar-refractivity contribution in [2.75, 3.05) is 28.8 Å². The number of anilines is 3. The van der Waals surface area contributed by atoms with Gasteiger partial charge in [-0.2, -0.15) is 0 Å². The molecule has 4 N–H and O–H groups in total. The van der Waals surface area contributed by atoms with E-state index in [1.165, 1.54) is 12.1 Å². The molecule has 6 atom stereocenters. The average molecular weight is 522 g/mol. The number of nitrogen functional groups attached to an aromatic ring is 1. The summed E-state index contributed by atoms with van der Waals surface area (Å²) >= 11 is 1.54. The summed E-state index contributed by atoms with van der Waals surface area (Å²) < 4.78 is 39.2. The number of fused-ring (bicyclic) bond motifs is 1. The van der Waals surface area contributed by atoms with Crippen LogP contribution in [-0.4, -0.2) is 64.1 Å². The zero-order valence-electron chi connectivity index (χ0n) is 20.9. The summed E-state index contributed by atoms with van der Waals surface area (Å²) in [5, 5.41) is 14.5. The molecule has 5 rings (SSSR count). The second-order valence-electron chi connectivity index (χ2n) is 10.3. The number of nitrogens with one attached hydrogen (secondary N) is 1. The molecule has 0 bridgehead atoms. The quantitative estimate of drug-likeness (QED) is 0.352. The van der Waals surface area contributed by atoms with E-state index in [-0.39, 0.29) is 24.1 Å². The number of aliphatic hydroxyl groups excluding tert-OH is 1. The lowest BCUT2D eigenvalue weighted by Gasteiger charge is -2.26. The molecule has 196 valence electrons. The molecule has 0 radical (unpaired) electrons. The van der Waals surface area contributed by atoms with Crippen molar-refractivity contribution in [2.24, 2.45) is 0 Å². The van der Waals surface area contributed by atoms with E-state index in [0.717, 1.165) is 24.2 Å². The molecular weight excluding hydrogens is 488 g/mol. The van der Waals surface area contributed by atoms with Crippen LogP contribution < -0.4 is 16.0 Å². The fourth-order valence-electron chi connectivity index (χ4n) is 5.21. The van der Waals surface area contributed by atoms with Crippen molar-refractivity contribution < 1.29 is 23.4 Å². The van der Waals surface area contributed by atoms with Crippen LogP contribution in [0.1, 0.15) is 51.5 Å². The van der Waals surface area contributed by atoms with Gasteiger partial charge in [-0.25, -0.2) is 18.7 Å². The number of aliphatic hydroxyl groups is 1. The molecule has 3 aliphatic rings. The van der Waals surface area contributed by atoms with Crippen molar-refractivity contribution in [3.63, 3.8) is 0 Å². The minimum atomic E-state index is -0.850. The topological polar surface area (TPSA) is 106 Å². The molecular formula is C25H33F2N5O3S. The number of hydrogen-bond donors (Lipinski definition) is 3. The molecule has 2 heterocycles. The average Bonchev–Trinajstić information content (AvgIpc) is 3.49. The van der Waals surface area contributed by atoms with Crippen LogP contribution in [0.5, 0.6) is 0 Å². The molecule has 1 aliphatic heterocycles. The summed E-state index contributed by atoms with van der Waals surface area (Å²) in [6.07, 6.45) is 0.782. The first-order valence-electron chi connectivity index (χ1n) is 12.4. The minimum absolute atomic E-state index is 0.0500. The van der Waals surface area contributed by atoms with E-state index in [9.17, 15) is 13.9 Å². The van der Waals surface area contributed by atoms with E-state index < -0.39 is 29.6 Å². The second-order valence-corrected chi connectivity index (χ2v) is 11.3. The molecule has 8 nitrogen and oxygen atoms in total. The van der Waals surface area contributed by atoms with E-state index in [0.29, 0.717) is 28.9 Å². The molecule has 1 aromatic heterocycles. The third kappa shape index (κ3) is 4.85. The van der Waals surface area contributed by atoms with Crippen LogP contribution in [0.15, 0.2) is 23.4 Å². The Labute approximate surface area is 214 Å². The Balaban J connectivity index is 1.40. The number of ether oxygens (including phenoxy) is 2. The summed E-state index contributed by atoms with van der Waals surface area (Å²) in [6.45, 7) is 5.76. The molecule has 3 fully saturated rings. The maximum absolute atomic E-state index is 13.8. The van der Waals surface area contributed by atoms with Crippen LogP contribution in [0.25, 0.3) is 0 Å². The van der Waals surface area contributed by atoms with Gasteiger partial charge >= 0.3 is 0 Å². The molecule has 2 aliphatic carbocycles. The number of benzene rings is 1. The van der Waals surface area contributed by atoms with Crippen molar-refractivity contribution in [3.8, 4) is 0 Å². The first-order valence-corrected chi connectivity index (χ1v) is 13.3. The largest absolute Gasteiger partial charge is 0.393 e. The molecule has 2 saturated carbocycles. The number of nitrogens with two attached hydrogens (primary N) is 1. The van der Waals surface area contributed by atoms with Gasteiger partial charge in [0.2, 0.25) is 0 Å². The van der Waals surface area contributed by atoms with Gasteiger partial charge in [0.25, 0.3) is 0 Å². The first kappa shape index (κ1) is 25.4. The van der Waals surface area contributed by atoms with Gasteiger partial charge in [0.1, 0.15) is 17.9 Å². The van der Waals surface area contributed by atoms with Gasteiger partial charge in [-0.15, -0.1) is 0 Å². The summed E-state index contributed by atoms with van der Waals surface area (Å²) in [6, 6.07) is 3.87. The normalized spacial score (nSPS) is 30.3. The number of hydrogen-bond acceptors (Lipinski definition) is 9. The Morgan fingerprint density at radius 1 is 1.19 bits per heavy atom. The lowest BCUT2D eigenvalue weighted by atomic mass is 10.1. The molecule has 0 unspecified atom stereocenters. The van der Waals surface area contributed by atoms with Crippen LogP contribution in [0, 0.1) is 11.6 Å². The lowest BCUT2D eigenvalue weighted by molar-refractivity contribution is -0.162. The zero-order valence-corrected chi connectivity index (χ0v) is 21.7. The van der Waals surface area contributed by atoms with Crippen molar-refractivity contribution in [2.45, 2.75) is 87.3 Å². The van der Waals surface area contributed by atoms with Gasteiger partial charge in [-0.05, 0) is 50.8 Å². The molecule has 0 spiro atoms. The molecule has 2 aromatic rings. The Morgan fingerprint density at radius 2 is 1.94 bits per heavy atom. The third-order valence-corrected chi connectivity index (χ3v) is 8.11. The van der Waals surface area contributed by atoms with E-state index in [1.807, 2.05) is 25.8 Å². The monoisotopic (exact) mass is 521 g/mol. The maximum Gasteiger partial charge on any atom is 0.191 e. The predicted molar refractivity (Wildman–Crippen MR) is 135 cm³/mol. The highest BCUT2D eigenvalue weighted by Gasteiger charge is 2.54. The van der Waals surface area contributed by atoms with Crippen molar-refractivity contribution >= 4 is 29.1 Å². The number of nitrogens with zero attached hydrogens (tertiary/aromatic N) is 3. The fourth-order valence-corrected chi connectivity index (χ4v) is 5.91. The van der Waals surface area contributed by atoms with Crippen LogP contribution in [0.3, 0.4) is 0 Å². The Hall–Kier alpha value is -2.21. The van der Waals surface area contributed by atoms with E-state index in [2.05, 4.69) is 17.2 Å². The Morgan fingerprint density at radius 3 is 2.67 bits per heavy atom. The fraction of sp³-hybridized carbons (Fsp3) is 0.600. The van der Waals surface area contributed by atoms with Gasteiger partial charge in [0, 0.05) is 24.8 Å². The Bertz CT molecular complexity index is 1140. The lowest BCUT2D eigenvalue weighted by Crippen LogP contribution is -2.35. The number of aromatic nitrogens is 2. The number of halogens is 2. The SMILES string of the molecule is CCCSc1nc(N[C@@H]2C[C@H](O)[C@H]3OC(C)(C)O[C@H]32)c(N)c(N(C)[C@@H]2C[C@H]2c2ccc(F)c(F)c2)n1. The molecule has 11 heteroatoms. The number of thioether (sulfide) groups is 1. The standard InChI is InChI=1S/C25H33F2N5O3S/c1-5-8-36-24-30-22(29-16-11-18(33)21-20(16)34-25(2,3)35-21)19(28)23(31-24)32(4)17-10-13(17)12-6-7-14(26)15(27)9-12/h6-7,9,13,16-18,20-21,33H,5,8,10-11,28H2,1-4H3,(H,29,30,31)/t13-,16+,17+,18-,20-,21+/m0/s1. The maximum atomic E-state index is 13.8. The number of rotatable bonds is 8. The van der Waals surface area contributed by atoms with Gasteiger partial charge < -0.3 is 30.5 Å². The zero-order chi connectivity index (χ0) is 25.8. The van der Waals surface area contributed by atoms with Gasteiger partial charge in [0.05, 0.1) is 12.1 Å². The Kier molecular flexibility index (Phi) is 6.78. The molecule has 36 heavy (non-hydrogen) atoms. The highest BCUT2D eigenvalue weighted by molar-refractivity contribution is 7.99. The molecule has 1 aromatic carbocycles. The van der Waals surface area contributed by atoms with Crippen LogP contribution in [-0.2, 0) is 9.47 Å². The first-order chi connectivity index (χ1) is 17.1. The van der Waals surface area contributed by atoms with Crippen LogP contribution in [0.4, 0.5) is 26.1 Å². The smallest absolute Gasteiger partial charge is 0.191 e. The molecule has 0 amide bonds. The van der Waals surface area contributed by atoms with Gasteiger partial charge in [0.15, 0.2) is 34.2 Å². The van der Waals surface area contributed by atoms with E-state index in [4.69, 9.17) is 20.2 Å². The van der Waals surface area contributed by atoms with Crippen LogP contribution >= 0.6 is 11.8 Å². The highest BCUT2D eigenvalue weighted by Crippen LogP contribution is 2.47. The third-order valence-electron chi connectivity index (χ3n) is 7.06. The predicted octanol–water partition coefficient (Wildman–Crippen LogP) is 3.90. The van der Waals surface area contributed by atoms with Crippen molar-refractivity contribution in [1.82, 2.24) is 9.97 Å².